The Labute approximate surface area is 117 Å². The summed E-state index contributed by atoms with van der Waals surface area (Å²) in [4.78, 5) is 0. The summed E-state index contributed by atoms with van der Waals surface area (Å²) in [5.41, 5.74) is 0. The zero-order valence-electron chi connectivity index (χ0n) is 9.85. The van der Waals surface area contributed by atoms with Gasteiger partial charge in [-0.3, -0.25) is 0 Å². The van der Waals surface area contributed by atoms with Crippen LogP contribution < -0.4 is 0 Å². The molecule has 0 aliphatic rings. The number of alkyl halides is 12. The van der Waals surface area contributed by atoms with Gasteiger partial charge in [0.2, 0.25) is 0 Å². The third-order valence-corrected chi connectivity index (χ3v) is 2.86. The number of rotatable bonds is 9. The molecule has 0 amide bonds. The van der Waals surface area contributed by atoms with E-state index >= 15 is 0 Å². The average molecular weight is 398 g/mol. The van der Waals surface area contributed by atoms with Gasteiger partial charge in [0, 0.05) is 0 Å². The SMILES string of the molecule is O=P(OC(F)(F)C(F)F)(OC(F)(F)C(F)F)OC(F)(F)C(F)F. The summed E-state index contributed by atoms with van der Waals surface area (Å²) in [5.74, 6) is 0. The van der Waals surface area contributed by atoms with E-state index in [0.29, 0.717) is 0 Å². The van der Waals surface area contributed by atoms with E-state index in [1.807, 2.05) is 0 Å². The zero-order valence-corrected chi connectivity index (χ0v) is 10.7. The van der Waals surface area contributed by atoms with Crippen molar-refractivity contribution in [2.75, 3.05) is 0 Å². The fourth-order valence-corrected chi connectivity index (χ4v) is 1.87. The molecule has 0 fully saturated rings. The lowest BCUT2D eigenvalue weighted by molar-refractivity contribution is -0.317. The van der Waals surface area contributed by atoms with Crippen LogP contribution in [0.5, 0.6) is 0 Å². The maximum atomic E-state index is 12.4. The number of hydrogen-bond donors (Lipinski definition) is 0. The van der Waals surface area contributed by atoms with Crippen LogP contribution in [0.2, 0.25) is 0 Å². The summed E-state index contributed by atoms with van der Waals surface area (Å²) in [5, 5.41) is 0. The first-order valence-corrected chi connectivity index (χ1v) is 6.11. The van der Waals surface area contributed by atoms with Crippen LogP contribution >= 0.6 is 7.82 Å². The Kier molecular flexibility index (Phi) is 6.80. The molecule has 0 rings (SSSR count). The van der Waals surface area contributed by atoms with E-state index in [2.05, 4.69) is 13.6 Å². The minimum atomic E-state index is -7.44. The van der Waals surface area contributed by atoms with E-state index in [4.69, 9.17) is 0 Å². The fraction of sp³-hybridized carbons (Fsp3) is 1.00. The van der Waals surface area contributed by atoms with Crippen molar-refractivity contribution >= 4 is 7.82 Å². The molecule has 0 aromatic heterocycles. The molecule has 0 aliphatic carbocycles. The van der Waals surface area contributed by atoms with Crippen LogP contribution in [-0.4, -0.2) is 37.6 Å². The normalized spacial score (nSPS) is 15.1. The molecule has 0 bridgehead atoms. The van der Waals surface area contributed by atoms with Crippen LogP contribution in [0.1, 0.15) is 0 Å². The van der Waals surface area contributed by atoms with Gasteiger partial charge in [-0.25, -0.2) is 44.5 Å². The Hall–Kier alpha value is -0.730. The second kappa shape index (κ2) is 7.03. The van der Waals surface area contributed by atoms with Crippen molar-refractivity contribution in [3.63, 3.8) is 0 Å². The lowest BCUT2D eigenvalue weighted by atomic mass is 10.7. The van der Waals surface area contributed by atoms with Gasteiger partial charge in [0.05, 0.1) is 0 Å². The van der Waals surface area contributed by atoms with Crippen molar-refractivity contribution < 1.29 is 70.8 Å². The van der Waals surface area contributed by atoms with Gasteiger partial charge in [0.25, 0.3) is 0 Å². The van der Waals surface area contributed by atoms with Crippen LogP contribution in [0.25, 0.3) is 0 Å². The van der Waals surface area contributed by atoms with E-state index in [1.54, 1.807) is 0 Å². The highest BCUT2D eigenvalue weighted by molar-refractivity contribution is 7.48. The van der Waals surface area contributed by atoms with E-state index < -0.39 is 45.4 Å². The molecule has 0 aromatic rings. The molecule has 0 radical (unpaired) electrons. The topological polar surface area (TPSA) is 44.8 Å². The lowest BCUT2D eigenvalue weighted by Gasteiger charge is -2.28. The predicted molar refractivity (Wildman–Crippen MR) is 43.7 cm³/mol. The molecule has 17 heteroatoms. The van der Waals surface area contributed by atoms with E-state index in [0.717, 1.165) is 0 Å². The average Bonchev–Trinajstić information content (AvgIpc) is 2.24. The highest BCUT2D eigenvalue weighted by Crippen LogP contribution is 2.61. The molecule has 0 unspecified atom stereocenters. The maximum Gasteiger partial charge on any atom is 0.489 e. The van der Waals surface area contributed by atoms with Crippen LogP contribution in [0.3, 0.4) is 0 Å². The zero-order chi connectivity index (χ0) is 18.9. The van der Waals surface area contributed by atoms with Gasteiger partial charge in [0.1, 0.15) is 0 Å². The van der Waals surface area contributed by atoms with Crippen LogP contribution in [0.15, 0.2) is 0 Å². The van der Waals surface area contributed by atoms with Crippen molar-refractivity contribution in [2.45, 2.75) is 37.6 Å². The molecule has 0 spiro atoms. The molecule has 0 aliphatic heterocycles. The van der Waals surface area contributed by atoms with Crippen LogP contribution in [-0.2, 0) is 18.1 Å². The quantitative estimate of drug-likeness (QED) is 0.417. The molecular weight excluding hydrogens is 395 g/mol. The first-order valence-electron chi connectivity index (χ1n) is 4.65. The van der Waals surface area contributed by atoms with Gasteiger partial charge in [-0.05, 0) is 0 Å². The molecular formula is C6H3F12O4P. The minimum absolute atomic E-state index is 2.26. The Morgan fingerprint density at radius 1 is 0.565 bits per heavy atom. The summed E-state index contributed by atoms with van der Waals surface area (Å²) in [7, 11) is -7.44. The smallest absolute Gasteiger partial charge is 0.227 e. The van der Waals surface area contributed by atoms with Gasteiger partial charge < -0.3 is 0 Å². The van der Waals surface area contributed by atoms with Crippen LogP contribution in [0, 0.1) is 0 Å². The first-order chi connectivity index (χ1) is 9.95. The molecule has 0 saturated carbocycles. The highest BCUT2D eigenvalue weighted by atomic mass is 31.2. The molecule has 23 heavy (non-hydrogen) atoms. The third-order valence-electron chi connectivity index (χ3n) is 1.46. The molecule has 0 N–H and O–H groups in total. The Morgan fingerprint density at radius 2 is 0.739 bits per heavy atom. The summed E-state index contributed by atoms with van der Waals surface area (Å²) in [6.45, 7) is 0. The Bertz CT molecular complexity index is 377. The molecule has 0 saturated heterocycles. The number of hydrogen-bond acceptors (Lipinski definition) is 4. The van der Waals surface area contributed by atoms with E-state index in [1.165, 1.54) is 0 Å². The fourth-order valence-electron chi connectivity index (χ4n) is 0.623. The van der Waals surface area contributed by atoms with Crippen molar-refractivity contribution in [1.29, 1.82) is 0 Å². The molecule has 0 heterocycles. The molecule has 140 valence electrons. The van der Waals surface area contributed by atoms with Gasteiger partial charge in [0.15, 0.2) is 0 Å². The van der Waals surface area contributed by atoms with Crippen molar-refractivity contribution in [3.8, 4) is 0 Å². The monoisotopic (exact) mass is 398 g/mol. The standard InChI is InChI=1S/C6H3F12O4P/c7-1(8)4(13,14)20-23(19,21-5(15,16)2(9)10)22-6(17,18)3(11)12/h1-3H. The lowest BCUT2D eigenvalue weighted by Crippen LogP contribution is -2.37. The largest absolute Gasteiger partial charge is 0.489 e. The van der Waals surface area contributed by atoms with Crippen molar-refractivity contribution in [2.24, 2.45) is 0 Å². The highest BCUT2D eigenvalue weighted by Gasteiger charge is 2.61. The number of phosphoric acid groups is 1. The Balaban J connectivity index is 5.67. The predicted octanol–water partition coefficient (Wildman–Crippen LogP) is 4.72. The second-order valence-corrected chi connectivity index (χ2v) is 4.75. The van der Waals surface area contributed by atoms with Gasteiger partial charge >= 0.3 is 45.4 Å². The Morgan fingerprint density at radius 3 is 0.870 bits per heavy atom. The van der Waals surface area contributed by atoms with Gasteiger partial charge in [-0.15, -0.1) is 0 Å². The maximum absolute atomic E-state index is 12.4. The summed E-state index contributed by atoms with van der Waals surface area (Å²) in [6.07, 6.45) is -33.4. The first kappa shape index (κ1) is 22.3. The molecule has 4 nitrogen and oxygen atoms in total. The minimum Gasteiger partial charge on any atom is -0.227 e. The molecule has 0 atom stereocenters. The third kappa shape index (κ3) is 6.35. The summed E-state index contributed by atoms with van der Waals surface area (Å²) in [6, 6.07) is 0. The summed E-state index contributed by atoms with van der Waals surface area (Å²) >= 11 is 0. The van der Waals surface area contributed by atoms with E-state index in [-0.39, 0.29) is 0 Å². The van der Waals surface area contributed by atoms with Crippen molar-refractivity contribution in [3.05, 3.63) is 0 Å². The van der Waals surface area contributed by atoms with Crippen molar-refractivity contribution in [1.82, 2.24) is 0 Å². The number of phosphoric ester groups is 1. The number of halogens is 12. The van der Waals surface area contributed by atoms with E-state index in [9.17, 15) is 57.3 Å². The molecule has 0 aromatic carbocycles. The van der Waals surface area contributed by atoms with Crippen LogP contribution in [0.4, 0.5) is 52.7 Å². The van der Waals surface area contributed by atoms with Gasteiger partial charge in [-0.2, -0.15) is 26.3 Å². The second-order valence-electron chi connectivity index (χ2n) is 3.31. The van der Waals surface area contributed by atoms with Gasteiger partial charge in [-0.1, -0.05) is 0 Å². The summed E-state index contributed by atoms with van der Waals surface area (Å²) < 4.78 is 163.